The van der Waals surface area contributed by atoms with Gasteiger partial charge in [0.25, 0.3) is 5.91 Å². The summed E-state index contributed by atoms with van der Waals surface area (Å²) in [5, 5.41) is 6.39. The van der Waals surface area contributed by atoms with E-state index in [9.17, 15) is 4.79 Å². The smallest absolute Gasteiger partial charge is 0.252 e. The zero-order valence-electron chi connectivity index (χ0n) is 20.1. The third-order valence-electron chi connectivity index (χ3n) is 6.30. The highest BCUT2D eigenvalue weighted by atomic mass is 127. The van der Waals surface area contributed by atoms with Gasteiger partial charge < -0.3 is 15.5 Å². The Kier molecular flexibility index (Phi) is 15.8. The zero-order valence-corrected chi connectivity index (χ0v) is 22.2. The van der Waals surface area contributed by atoms with Gasteiger partial charge in [0.1, 0.15) is 5.82 Å². The van der Waals surface area contributed by atoms with E-state index in [4.69, 9.17) is 0 Å². The summed E-state index contributed by atoms with van der Waals surface area (Å²) in [6, 6.07) is 3.86. The molecule has 0 unspecified atom stereocenters. The number of amides is 1. The van der Waals surface area contributed by atoms with Crippen molar-refractivity contribution >= 4 is 34.3 Å². The third-order valence-corrected chi connectivity index (χ3v) is 7.06. The Hall–Kier alpha value is -0.890. The van der Waals surface area contributed by atoms with Crippen LogP contribution >= 0.6 is 22.6 Å². The zero-order chi connectivity index (χ0) is 22.7. The Morgan fingerprint density at radius 3 is 1.88 bits per heavy atom. The highest BCUT2D eigenvalue weighted by molar-refractivity contribution is 14.1. The molecule has 0 bridgehead atoms. The number of unbranched alkanes of at least 4 members (excludes halogenated alkanes) is 13. The molecule has 0 atom stereocenters. The predicted octanol–water partition coefficient (Wildman–Crippen LogP) is 6.12. The summed E-state index contributed by atoms with van der Waals surface area (Å²) in [6.45, 7) is 4.68. The average molecular weight is 557 g/mol. The van der Waals surface area contributed by atoms with Crippen LogP contribution in [-0.2, 0) is 0 Å². The van der Waals surface area contributed by atoms with Crippen LogP contribution in [-0.4, -0.2) is 48.0 Å². The van der Waals surface area contributed by atoms with Gasteiger partial charge >= 0.3 is 0 Å². The van der Waals surface area contributed by atoms with E-state index in [-0.39, 0.29) is 5.91 Å². The monoisotopic (exact) mass is 556 g/mol. The second-order valence-corrected chi connectivity index (χ2v) is 10.1. The van der Waals surface area contributed by atoms with E-state index in [1.54, 1.807) is 6.20 Å². The molecule has 2 heterocycles. The number of hydrogen-bond acceptors (Lipinski definition) is 4. The van der Waals surface area contributed by atoms with E-state index in [2.05, 4.69) is 43.1 Å². The molecule has 1 fully saturated rings. The molecule has 182 valence electrons. The first-order valence-electron chi connectivity index (χ1n) is 13.1. The van der Waals surface area contributed by atoms with Crippen LogP contribution in [0.1, 0.15) is 100 Å². The van der Waals surface area contributed by atoms with E-state index >= 15 is 0 Å². The second kappa shape index (κ2) is 18.5. The fourth-order valence-corrected chi connectivity index (χ4v) is 4.79. The van der Waals surface area contributed by atoms with E-state index in [0.717, 1.165) is 45.0 Å². The summed E-state index contributed by atoms with van der Waals surface area (Å²) in [7, 11) is 0. The number of nitrogens with zero attached hydrogens (tertiary/aromatic N) is 2. The number of carbonyl (C=O) groups is 1. The van der Waals surface area contributed by atoms with Crippen LogP contribution in [0.5, 0.6) is 0 Å². The number of hydrogen-bond donors (Lipinski definition) is 2. The molecule has 1 aromatic heterocycles. The fourth-order valence-electron chi connectivity index (χ4n) is 4.25. The molecular formula is C26H45IN4O. The standard InChI is InChI=1S/C26H45IN4O/c27-17-13-11-9-7-5-3-1-2-4-6-8-10-12-14-18-29-26(32)24-15-16-25(30-23-24)31-21-19-28-20-22-31/h15-16,23,28H,1-14,17-22H2,(H,29,32). The molecule has 0 spiro atoms. The molecule has 1 amide bonds. The van der Waals surface area contributed by atoms with Crippen molar-refractivity contribution < 1.29 is 4.79 Å². The van der Waals surface area contributed by atoms with Gasteiger partial charge in [0.05, 0.1) is 5.56 Å². The maximum Gasteiger partial charge on any atom is 0.252 e. The molecule has 1 aromatic rings. The molecule has 6 heteroatoms. The third kappa shape index (κ3) is 12.4. The van der Waals surface area contributed by atoms with Gasteiger partial charge in [-0.15, -0.1) is 0 Å². The molecule has 5 nitrogen and oxygen atoms in total. The Labute approximate surface area is 210 Å². The molecule has 1 aliphatic rings. The number of alkyl halides is 1. The molecule has 0 saturated carbocycles. The van der Waals surface area contributed by atoms with Crippen LogP contribution < -0.4 is 15.5 Å². The van der Waals surface area contributed by atoms with Crippen LogP contribution in [0.25, 0.3) is 0 Å². The van der Waals surface area contributed by atoms with Gasteiger partial charge in [-0.1, -0.05) is 99.6 Å². The maximum absolute atomic E-state index is 12.3. The van der Waals surface area contributed by atoms with Crippen LogP contribution in [0.3, 0.4) is 0 Å². The van der Waals surface area contributed by atoms with Crippen molar-refractivity contribution in [3.05, 3.63) is 23.9 Å². The summed E-state index contributed by atoms with van der Waals surface area (Å²) in [5.74, 6) is 0.958. The van der Waals surface area contributed by atoms with Crippen LogP contribution in [0.15, 0.2) is 18.3 Å². The lowest BCUT2D eigenvalue weighted by Crippen LogP contribution is -2.43. The topological polar surface area (TPSA) is 57.3 Å². The van der Waals surface area contributed by atoms with E-state index < -0.39 is 0 Å². The number of halogens is 1. The fraction of sp³-hybridized carbons (Fsp3) is 0.769. The molecule has 2 rings (SSSR count). The first-order valence-corrected chi connectivity index (χ1v) is 14.6. The Morgan fingerprint density at radius 2 is 1.38 bits per heavy atom. The van der Waals surface area contributed by atoms with Crippen molar-refractivity contribution in [1.29, 1.82) is 0 Å². The van der Waals surface area contributed by atoms with Crippen LogP contribution in [0.4, 0.5) is 5.82 Å². The summed E-state index contributed by atoms with van der Waals surface area (Å²) in [6.07, 6.45) is 20.7. The molecule has 2 N–H and O–H groups in total. The number of pyridine rings is 1. The Bertz CT molecular complexity index is 590. The lowest BCUT2D eigenvalue weighted by molar-refractivity contribution is 0.0952. The van der Waals surface area contributed by atoms with E-state index in [0.29, 0.717) is 5.56 Å². The number of aromatic nitrogens is 1. The van der Waals surface area contributed by atoms with Crippen molar-refractivity contribution in [3.63, 3.8) is 0 Å². The molecule has 1 saturated heterocycles. The number of carbonyl (C=O) groups excluding carboxylic acids is 1. The first-order chi connectivity index (χ1) is 15.8. The van der Waals surface area contributed by atoms with E-state index in [1.807, 2.05) is 12.1 Å². The van der Waals surface area contributed by atoms with Gasteiger partial charge in [-0.3, -0.25) is 4.79 Å². The van der Waals surface area contributed by atoms with Crippen molar-refractivity contribution in [1.82, 2.24) is 15.6 Å². The molecule has 1 aliphatic heterocycles. The van der Waals surface area contributed by atoms with Crippen molar-refractivity contribution in [2.75, 3.05) is 42.1 Å². The van der Waals surface area contributed by atoms with E-state index in [1.165, 1.54) is 87.9 Å². The number of piperazine rings is 1. The predicted molar refractivity (Wildman–Crippen MR) is 145 cm³/mol. The lowest BCUT2D eigenvalue weighted by Gasteiger charge is -2.28. The minimum Gasteiger partial charge on any atom is -0.354 e. The summed E-state index contributed by atoms with van der Waals surface area (Å²) >= 11 is 2.48. The second-order valence-electron chi connectivity index (χ2n) is 9.04. The van der Waals surface area contributed by atoms with Gasteiger partial charge in [-0.25, -0.2) is 4.98 Å². The molecular weight excluding hydrogens is 511 g/mol. The van der Waals surface area contributed by atoms with Crippen LogP contribution in [0.2, 0.25) is 0 Å². The SMILES string of the molecule is O=C(NCCCCCCCCCCCCCCCCI)c1ccc(N2CCNCC2)nc1. The summed E-state index contributed by atoms with van der Waals surface area (Å²) < 4.78 is 1.32. The Morgan fingerprint density at radius 1 is 0.844 bits per heavy atom. The van der Waals surface area contributed by atoms with Gasteiger partial charge in [-0.05, 0) is 29.4 Å². The first kappa shape index (κ1) is 27.4. The van der Waals surface area contributed by atoms with Gasteiger partial charge in [0.2, 0.25) is 0 Å². The largest absolute Gasteiger partial charge is 0.354 e. The molecule has 32 heavy (non-hydrogen) atoms. The molecule has 0 aromatic carbocycles. The summed E-state index contributed by atoms with van der Waals surface area (Å²) in [4.78, 5) is 19.0. The molecule has 0 aliphatic carbocycles. The van der Waals surface area contributed by atoms with Gasteiger partial charge in [-0.2, -0.15) is 0 Å². The maximum atomic E-state index is 12.3. The normalized spacial score (nSPS) is 14.0. The van der Waals surface area contributed by atoms with Crippen LogP contribution in [0, 0.1) is 0 Å². The number of anilines is 1. The Balaban J connectivity index is 1.38. The molecule has 0 radical (unpaired) electrons. The average Bonchev–Trinajstić information content (AvgIpc) is 2.84. The lowest BCUT2D eigenvalue weighted by atomic mass is 10.0. The van der Waals surface area contributed by atoms with Crippen molar-refractivity contribution in [2.24, 2.45) is 0 Å². The highest BCUT2D eigenvalue weighted by Crippen LogP contribution is 2.14. The quantitative estimate of drug-likeness (QED) is 0.130. The number of nitrogens with one attached hydrogen (secondary N) is 2. The highest BCUT2D eigenvalue weighted by Gasteiger charge is 2.12. The van der Waals surface area contributed by atoms with Crippen molar-refractivity contribution in [2.45, 2.75) is 89.9 Å². The van der Waals surface area contributed by atoms with Crippen molar-refractivity contribution in [3.8, 4) is 0 Å². The minimum absolute atomic E-state index is 0.00522. The van der Waals surface area contributed by atoms with Gasteiger partial charge in [0, 0.05) is 38.9 Å². The van der Waals surface area contributed by atoms with Gasteiger partial charge in [0.15, 0.2) is 0 Å². The minimum atomic E-state index is -0.00522. The summed E-state index contributed by atoms with van der Waals surface area (Å²) in [5.41, 5.74) is 0.657. The number of rotatable bonds is 18.